The van der Waals surface area contributed by atoms with Crippen molar-refractivity contribution in [2.45, 2.75) is 50.5 Å². The number of nitrogens with zero attached hydrogens (tertiary/aromatic N) is 1. The lowest BCUT2D eigenvalue weighted by Gasteiger charge is -2.36. The van der Waals surface area contributed by atoms with Gasteiger partial charge in [0.1, 0.15) is 0 Å². The first-order chi connectivity index (χ1) is 12.9. The summed E-state index contributed by atoms with van der Waals surface area (Å²) in [6, 6.07) is 1.06. The number of benzene rings is 1. The lowest BCUT2D eigenvalue weighted by molar-refractivity contribution is -0.143. The summed E-state index contributed by atoms with van der Waals surface area (Å²) in [6.07, 6.45) is -5.59. The smallest absolute Gasteiger partial charge is 0.375 e. The van der Waals surface area contributed by atoms with Gasteiger partial charge in [0.15, 0.2) is 10.2 Å². The Morgan fingerprint density at radius 1 is 0.929 bits per heavy atom. The summed E-state index contributed by atoms with van der Waals surface area (Å²) in [4.78, 5) is 0. The van der Waals surface area contributed by atoms with Crippen LogP contribution in [0.4, 0.5) is 32.0 Å². The van der Waals surface area contributed by atoms with Gasteiger partial charge in [-0.25, -0.2) is 0 Å². The van der Waals surface area contributed by atoms with Crippen molar-refractivity contribution >= 4 is 40.3 Å². The van der Waals surface area contributed by atoms with E-state index in [4.69, 9.17) is 30.2 Å². The molecule has 1 fully saturated rings. The van der Waals surface area contributed by atoms with Gasteiger partial charge < -0.3 is 11.1 Å². The average molecular weight is 444 g/mol. The number of hydrazine groups is 1. The second kappa shape index (κ2) is 8.68. The van der Waals surface area contributed by atoms with Crippen LogP contribution in [0, 0.1) is 0 Å². The van der Waals surface area contributed by atoms with E-state index in [0.29, 0.717) is 12.1 Å². The highest BCUT2D eigenvalue weighted by Gasteiger charge is 2.37. The lowest BCUT2D eigenvalue weighted by Crippen LogP contribution is -2.55. The Kier molecular flexibility index (Phi) is 6.97. The number of nitrogens with two attached hydrogens (primary N) is 1. The third-order valence-corrected chi connectivity index (χ3v) is 4.62. The largest absolute Gasteiger partial charge is 0.416 e. The lowest BCUT2D eigenvalue weighted by atomic mass is 9.95. The number of alkyl halides is 6. The van der Waals surface area contributed by atoms with Gasteiger partial charge in [-0.2, -0.15) is 26.3 Å². The molecule has 4 N–H and O–H groups in total. The van der Waals surface area contributed by atoms with Crippen LogP contribution < -0.4 is 16.5 Å². The van der Waals surface area contributed by atoms with Gasteiger partial charge >= 0.3 is 12.4 Å². The second-order valence-electron chi connectivity index (χ2n) is 6.36. The molecule has 0 heterocycles. The number of hydrogen-bond donors (Lipinski definition) is 3. The van der Waals surface area contributed by atoms with E-state index < -0.39 is 29.2 Å². The molecule has 0 aromatic heterocycles. The van der Waals surface area contributed by atoms with Gasteiger partial charge in [0.2, 0.25) is 0 Å². The summed E-state index contributed by atoms with van der Waals surface area (Å²) >= 11 is 10.0. The highest BCUT2D eigenvalue weighted by Crippen LogP contribution is 2.37. The minimum Gasteiger partial charge on any atom is -0.375 e. The molecule has 0 spiro atoms. The zero-order valence-corrected chi connectivity index (χ0v) is 16.1. The molecule has 28 heavy (non-hydrogen) atoms. The first-order valence-corrected chi connectivity index (χ1v) is 9.15. The van der Waals surface area contributed by atoms with Gasteiger partial charge in [-0.05, 0) is 55.5 Å². The van der Waals surface area contributed by atoms with Crippen LogP contribution in [0.2, 0.25) is 0 Å². The number of nitrogens with one attached hydrogen (secondary N) is 2. The zero-order valence-electron chi connectivity index (χ0n) is 14.5. The zero-order chi connectivity index (χ0) is 21.1. The summed E-state index contributed by atoms with van der Waals surface area (Å²) < 4.78 is 78.1. The van der Waals surface area contributed by atoms with Crippen LogP contribution in [0.25, 0.3) is 0 Å². The Morgan fingerprint density at radius 3 is 1.86 bits per heavy atom. The van der Waals surface area contributed by atoms with E-state index in [1.807, 2.05) is 0 Å². The normalized spacial score (nSPS) is 15.8. The van der Waals surface area contributed by atoms with Gasteiger partial charge in [-0.1, -0.05) is 19.3 Å². The van der Waals surface area contributed by atoms with Gasteiger partial charge in [0.05, 0.1) is 17.2 Å². The molecule has 0 atom stereocenters. The first-order valence-electron chi connectivity index (χ1n) is 8.33. The van der Waals surface area contributed by atoms with Gasteiger partial charge in [0.25, 0.3) is 0 Å². The van der Waals surface area contributed by atoms with Crippen LogP contribution >= 0.6 is 24.4 Å². The SMILES string of the molecule is NC(=S)NN(C(=S)Nc1cc(C(F)(F)F)cc(C(F)(F)F)c1)C1CCCCC1. The number of anilines is 1. The van der Waals surface area contributed by atoms with Crippen molar-refractivity contribution in [1.82, 2.24) is 10.4 Å². The second-order valence-corrected chi connectivity index (χ2v) is 7.19. The van der Waals surface area contributed by atoms with E-state index in [1.165, 1.54) is 5.01 Å². The molecule has 12 heteroatoms. The molecule has 1 aliphatic rings. The van der Waals surface area contributed by atoms with Crippen LogP contribution in [-0.2, 0) is 12.4 Å². The topological polar surface area (TPSA) is 53.3 Å². The molecule has 1 aromatic carbocycles. The molecule has 1 saturated carbocycles. The van der Waals surface area contributed by atoms with E-state index in [1.54, 1.807) is 0 Å². The van der Waals surface area contributed by atoms with Gasteiger partial charge in [-0.15, -0.1) is 0 Å². The maximum atomic E-state index is 13.0. The van der Waals surface area contributed by atoms with Crippen molar-refractivity contribution in [1.29, 1.82) is 0 Å². The van der Waals surface area contributed by atoms with Crippen LogP contribution in [-0.4, -0.2) is 21.3 Å². The third-order valence-electron chi connectivity index (χ3n) is 4.23. The Morgan fingerprint density at radius 2 is 1.43 bits per heavy atom. The summed E-state index contributed by atoms with van der Waals surface area (Å²) in [6.45, 7) is 0. The van der Waals surface area contributed by atoms with Crippen molar-refractivity contribution in [3.8, 4) is 0 Å². The molecular formula is C16H18F6N4S2. The van der Waals surface area contributed by atoms with E-state index >= 15 is 0 Å². The molecule has 0 amide bonds. The number of hydrogen-bond acceptors (Lipinski definition) is 2. The molecule has 0 aliphatic heterocycles. The molecule has 1 aromatic rings. The maximum Gasteiger partial charge on any atom is 0.416 e. The summed E-state index contributed by atoms with van der Waals surface area (Å²) in [7, 11) is 0. The first kappa shape index (κ1) is 22.5. The van der Waals surface area contributed by atoms with Crippen LogP contribution in [0.15, 0.2) is 18.2 Å². The van der Waals surface area contributed by atoms with Crippen molar-refractivity contribution in [2.75, 3.05) is 5.32 Å². The number of halogens is 6. The highest BCUT2D eigenvalue weighted by atomic mass is 32.1. The van der Waals surface area contributed by atoms with Crippen molar-refractivity contribution < 1.29 is 26.3 Å². The molecular weight excluding hydrogens is 426 g/mol. The Balaban J connectivity index is 2.32. The standard InChI is InChI=1S/C16H18F6N4S2/c17-15(18,19)9-6-10(16(20,21)22)8-11(7-9)24-14(28)26(25-13(23)27)12-4-2-1-3-5-12/h6-8,12H,1-5H2,(H,24,28)(H3,23,25,27). The van der Waals surface area contributed by atoms with Crippen LogP contribution in [0.3, 0.4) is 0 Å². The molecule has 0 unspecified atom stereocenters. The van der Waals surface area contributed by atoms with Gasteiger partial charge in [-0.3, -0.25) is 10.4 Å². The van der Waals surface area contributed by atoms with Crippen LogP contribution in [0.1, 0.15) is 43.2 Å². The third kappa shape index (κ3) is 6.09. The minimum absolute atomic E-state index is 0.0559. The number of rotatable bonds is 2. The molecule has 156 valence electrons. The summed E-state index contributed by atoms with van der Waals surface area (Å²) in [5.41, 5.74) is 4.85. The molecule has 0 bridgehead atoms. The maximum absolute atomic E-state index is 13.0. The van der Waals surface area contributed by atoms with Crippen LogP contribution in [0.5, 0.6) is 0 Å². The Hall–Kier alpha value is -1.82. The monoisotopic (exact) mass is 444 g/mol. The quantitative estimate of drug-likeness (QED) is 0.346. The predicted molar refractivity (Wildman–Crippen MR) is 101 cm³/mol. The molecule has 2 rings (SSSR count). The Labute approximate surface area is 168 Å². The molecule has 4 nitrogen and oxygen atoms in total. The van der Waals surface area contributed by atoms with E-state index in [2.05, 4.69) is 10.7 Å². The molecule has 1 aliphatic carbocycles. The predicted octanol–water partition coefficient (Wildman–Crippen LogP) is 4.80. The van der Waals surface area contributed by atoms with Gasteiger partial charge in [0, 0.05) is 5.69 Å². The number of thiocarbonyl (C=S) groups is 2. The summed E-state index contributed by atoms with van der Waals surface area (Å²) in [5, 5.41) is 3.61. The fraction of sp³-hybridized carbons (Fsp3) is 0.500. The highest BCUT2D eigenvalue weighted by molar-refractivity contribution is 7.80. The molecule has 0 saturated heterocycles. The minimum atomic E-state index is -4.94. The van der Waals surface area contributed by atoms with Crippen molar-refractivity contribution in [3.63, 3.8) is 0 Å². The summed E-state index contributed by atoms with van der Waals surface area (Å²) in [5.74, 6) is 0. The van der Waals surface area contributed by atoms with E-state index in [0.717, 1.165) is 32.1 Å². The van der Waals surface area contributed by atoms with Crippen molar-refractivity contribution in [2.24, 2.45) is 5.73 Å². The molecule has 0 radical (unpaired) electrons. The fourth-order valence-corrected chi connectivity index (χ4v) is 3.39. The average Bonchev–Trinajstić information content (AvgIpc) is 2.58. The van der Waals surface area contributed by atoms with E-state index in [-0.39, 0.29) is 22.3 Å². The fourth-order valence-electron chi connectivity index (χ4n) is 2.98. The van der Waals surface area contributed by atoms with E-state index in [9.17, 15) is 26.3 Å². The van der Waals surface area contributed by atoms with Crippen molar-refractivity contribution in [3.05, 3.63) is 29.3 Å². The Bertz CT molecular complexity index is 697.